The summed E-state index contributed by atoms with van der Waals surface area (Å²) in [6.07, 6.45) is 0.703. The predicted molar refractivity (Wildman–Crippen MR) is 74.4 cm³/mol. The number of sulfonamides is 1. The summed E-state index contributed by atoms with van der Waals surface area (Å²) in [5.41, 5.74) is -0.402. The van der Waals surface area contributed by atoms with E-state index in [1.165, 1.54) is 16.4 Å². The maximum absolute atomic E-state index is 12.5. The van der Waals surface area contributed by atoms with Crippen LogP contribution in [0.25, 0.3) is 0 Å². The van der Waals surface area contributed by atoms with Crippen molar-refractivity contribution in [2.45, 2.75) is 11.3 Å². The molecule has 0 saturated carbocycles. The summed E-state index contributed by atoms with van der Waals surface area (Å²) in [5, 5.41) is 13.9. The molecule has 110 valence electrons. The summed E-state index contributed by atoms with van der Waals surface area (Å²) in [7, 11) is -3.73. The zero-order valence-corrected chi connectivity index (χ0v) is 12.2. The van der Waals surface area contributed by atoms with Crippen LogP contribution in [0.5, 0.6) is 0 Å². The van der Waals surface area contributed by atoms with Gasteiger partial charge in [-0.1, -0.05) is 11.6 Å². The van der Waals surface area contributed by atoms with Crippen LogP contribution in [0.1, 0.15) is 6.42 Å². The van der Waals surface area contributed by atoms with E-state index < -0.39 is 20.6 Å². The predicted octanol–water partition coefficient (Wildman–Crippen LogP) is 1.23. The van der Waals surface area contributed by atoms with Gasteiger partial charge in [0.1, 0.15) is 5.02 Å². The molecule has 0 unspecified atom stereocenters. The SMILES string of the molecule is O=[N+]([O-])c1cc(S(=O)(=O)N2CCCNCC2)ccc1Cl. The molecule has 2 rings (SSSR count). The number of nitrogens with zero attached hydrogens (tertiary/aromatic N) is 2. The van der Waals surface area contributed by atoms with Crippen molar-refractivity contribution in [3.05, 3.63) is 33.3 Å². The third-order valence-corrected chi connectivity index (χ3v) is 5.27. The Hall–Kier alpha value is -1.22. The van der Waals surface area contributed by atoms with Gasteiger partial charge in [-0.25, -0.2) is 8.42 Å². The van der Waals surface area contributed by atoms with Crippen LogP contribution in [0.3, 0.4) is 0 Å². The molecule has 20 heavy (non-hydrogen) atoms. The molecule has 0 bridgehead atoms. The number of rotatable bonds is 3. The average Bonchev–Trinajstić information content (AvgIpc) is 2.67. The summed E-state index contributed by atoms with van der Waals surface area (Å²) in [6, 6.07) is 3.54. The van der Waals surface area contributed by atoms with Crippen LogP contribution >= 0.6 is 11.6 Å². The Kier molecular flexibility index (Phi) is 4.59. The lowest BCUT2D eigenvalue weighted by Gasteiger charge is -2.19. The molecule has 7 nitrogen and oxygen atoms in total. The molecule has 0 atom stereocenters. The maximum Gasteiger partial charge on any atom is 0.289 e. The second-order valence-electron chi connectivity index (χ2n) is 4.38. The van der Waals surface area contributed by atoms with Gasteiger partial charge in [-0.05, 0) is 25.1 Å². The molecule has 1 aromatic carbocycles. The molecule has 0 amide bonds. The third-order valence-electron chi connectivity index (χ3n) is 3.05. The molecule has 0 spiro atoms. The van der Waals surface area contributed by atoms with Crippen molar-refractivity contribution in [2.24, 2.45) is 0 Å². The standard InChI is InChI=1S/C11H14ClN3O4S/c12-10-3-2-9(8-11(10)15(16)17)20(18,19)14-6-1-4-13-5-7-14/h2-3,8,13H,1,4-7H2. The Morgan fingerprint density at radius 2 is 2.05 bits per heavy atom. The van der Waals surface area contributed by atoms with Gasteiger partial charge in [0.2, 0.25) is 10.0 Å². The number of hydrogen-bond donors (Lipinski definition) is 1. The summed E-state index contributed by atoms with van der Waals surface area (Å²) in [4.78, 5) is 10.0. The number of nitro benzene ring substituents is 1. The zero-order valence-electron chi connectivity index (χ0n) is 10.6. The first-order chi connectivity index (χ1) is 9.43. The molecule has 1 aliphatic heterocycles. The van der Waals surface area contributed by atoms with Crippen LogP contribution < -0.4 is 5.32 Å². The van der Waals surface area contributed by atoms with Crippen LogP contribution in [0, 0.1) is 10.1 Å². The molecule has 1 aromatic rings. The molecular weight excluding hydrogens is 306 g/mol. The van der Waals surface area contributed by atoms with Crippen molar-refractivity contribution in [3.8, 4) is 0 Å². The van der Waals surface area contributed by atoms with E-state index in [1.54, 1.807) is 0 Å². The lowest BCUT2D eigenvalue weighted by Crippen LogP contribution is -2.34. The number of benzene rings is 1. The first kappa shape index (κ1) is 15.2. The lowest BCUT2D eigenvalue weighted by atomic mass is 10.3. The Bertz CT molecular complexity index is 612. The maximum atomic E-state index is 12.5. The molecule has 9 heteroatoms. The van der Waals surface area contributed by atoms with Gasteiger partial charge in [-0.3, -0.25) is 10.1 Å². The summed E-state index contributed by atoms with van der Waals surface area (Å²) in [5.74, 6) is 0. The molecule has 1 N–H and O–H groups in total. The Balaban J connectivity index is 2.38. The van der Waals surface area contributed by atoms with E-state index in [2.05, 4.69) is 5.32 Å². The molecule has 1 saturated heterocycles. The fourth-order valence-corrected chi connectivity index (χ4v) is 3.69. The summed E-state index contributed by atoms with van der Waals surface area (Å²) in [6.45, 7) is 2.06. The minimum atomic E-state index is -3.73. The summed E-state index contributed by atoms with van der Waals surface area (Å²) >= 11 is 5.69. The van der Waals surface area contributed by atoms with Gasteiger partial charge >= 0.3 is 0 Å². The van der Waals surface area contributed by atoms with Crippen molar-refractivity contribution < 1.29 is 13.3 Å². The fraction of sp³-hybridized carbons (Fsp3) is 0.455. The van der Waals surface area contributed by atoms with E-state index in [-0.39, 0.29) is 9.92 Å². The van der Waals surface area contributed by atoms with E-state index >= 15 is 0 Å². The van der Waals surface area contributed by atoms with E-state index in [9.17, 15) is 18.5 Å². The number of nitrogens with one attached hydrogen (secondary N) is 1. The van der Waals surface area contributed by atoms with Crippen molar-refractivity contribution in [2.75, 3.05) is 26.2 Å². The second-order valence-corrected chi connectivity index (χ2v) is 6.72. The van der Waals surface area contributed by atoms with Crippen molar-refractivity contribution >= 4 is 27.3 Å². The molecule has 0 radical (unpaired) electrons. The van der Waals surface area contributed by atoms with Crippen LogP contribution in [0.15, 0.2) is 23.1 Å². The molecule has 1 heterocycles. The highest BCUT2D eigenvalue weighted by molar-refractivity contribution is 7.89. The second kappa shape index (κ2) is 6.04. The third kappa shape index (κ3) is 3.09. The van der Waals surface area contributed by atoms with E-state index in [1.807, 2.05) is 0 Å². The summed E-state index contributed by atoms with van der Waals surface area (Å²) < 4.78 is 26.3. The lowest BCUT2D eigenvalue weighted by molar-refractivity contribution is -0.384. The molecule has 0 aliphatic carbocycles. The highest BCUT2D eigenvalue weighted by Crippen LogP contribution is 2.28. The van der Waals surface area contributed by atoms with Gasteiger partial charge in [-0.2, -0.15) is 4.31 Å². The van der Waals surface area contributed by atoms with Gasteiger partial charge in [0.25, 0.3) is 5.69 Å². The Labute approximate surface area is 121 Å². The van der Waals surface area contributed by atoms with E-state index in [0.717, 1.165) is 12.6 Å². The smallest absolute Gasteiger partial charge is 0.289 e. The van der Waals surface area contributed by atoms with Crippen molar-refractivity contribution in [3.63, 3.8) is 0 Å². The molecular formula is C11H14ClN3O4S. The number of hydrogen-bond acceptors (Lipinski definition) is 5. The van der Waals surface area contributed by atoms with Crippen LogP contribution in [-0.2, 0) is 10.0 Å². The molecule has 0 aromatic heterocycles. The average molecular weight is 320 g/mol. The van der Waals surface area contributed by atoms with Gasteiger partial charge in [0.15, 0.2) is 0 Å². The Morgan fingerprint density at radius 3 is 2.75 bits per heavy atom. The molecule has 1 fully saturated rings. The highest BCUT2D eigenvalue weighted by atomic mass is 35.5. The quantitative estimate of drug-likeness (QED) is 0.668. The van der Waals surface area contributed by atoms with Gasteiger partial charge in [0, 0.05) is 25.7 Å². The largest absolute Gasteiger partial charge is 0.315 e. The number of nitro groups is 1. The van der Waals surface area contributed by atoms with Crippen LogP contribution in [0.4, 0.5) is 5.69 Å². The van der Waals surface area contributed by atoms with E-state index in [4.69, 9.17) is 11.6 Å². The van der Waals surface area contributed by atoms with Crippen molar-refractivity contribution in [1.82, 2.24) is 9.62 Å². The first-order valence-corrected chi connectivity index (χ1v) is 7.89. The van der Waals surface area contributed by atoms with Crippen LogP contribution in [0.2, 0.25) is 5.02 Å². The molecule has 1 aliphatic rings. The van der Waals surface area contributed by atoms with Crippen LogP contribution in [-0.4, -0.2) is 43.8 Å². The zero-order chi connectivity index (χ0) is 14.8. The van der Waals surface area contributed by atoms with Crippen molar-refractivity contribution in [1.29, 1.82) is 0 Å². The highest BCUT2D eigenvalue weighted by Gasteiger charge is 2.27. The Morgan fingerprint density at radius 1 is 1.30 bits per heavy atom. The van der Waals surface area contributed by atoms with E-state index in [0.29, 0.717) is 26.1 Å². The normalized spacial score (nSPS) is 17.6. The first-order valence-electron chi connectivity index (χ1n) is 6.08. The van der Waals surface area contributed by atoms with Gasteiger partial charge in [-0.15, -0.1) is 0 Å². The number of halogens is 1. The monoisotopic (exact) mass is 319 g/mol. The van der Waals surface area contributed by atoms with Gasteiger partial charge < -0.3 is 5.32 Å². The fourth-order valence-electron chi connectivity index (χ4n) is 2.00. The minimum absolute atomic E-state index is 0.0773. The topological polar surface area (TPSA) is 92.5 Å². The minimum Gasteiger partial charge on any atom is -0.315 e. The van der Waals surface area contributed by atoms with Gasteiger partial charge in [0.05, 0.1) is 9.82 Å².